The minimum absolute atomic E-state index is 0.0388. The van der Waals surface area contributed by atoms with Gasteiger partial charge in [0.15, 0.2) is 0 Å². The smallest absolute Gasteiger partial charge is 0.251 e. The SMILES string of the molecule is CCc1cc(=O)[nH]c(CN(C)[C@H]2CCC[C@H]2SC)n1. The van der Waals surface area contributed by atoms with E-state index in [4.69, 9.17) is 0 Å². The molecule has 1 aromatic rings. The molecule has 0 amide bonds. The van der Waals surface area contributed by atoms with Crippen LogP contribution in [-0.2, 0) is 13.0 Å². The van der Waals surface area contributed by atoms with E-state index in [1.807, 2.05) is 18.7 Å². The molecule has 2 atom stereocenters. The summed E-state index contributed by atoms with van der Waals surface area (Å²) in [5.74, 6) is 0.790. The summed E-state index contributed by atoms with van der Waals surface area (Å²) < 4.78 is 0. The third-order valence-corrected chi connectivity index (χ3v) is 5.05. The summed E-state index contributed by atoms with van der Waals surface area (Å²) in [6.07, 6.45) is 6.85. The van der Waals surface area contributed by atoms with Gasteiger partial charge in [-0.1, -0.05) is 13.3 Å². The van der Waals surface area contributed by atoms with Crippen molar-refractivity contribution >= 4 is 11.8 Å². The first kappa shape index (κ1) is 14.6. The Labute approximate surface area is 119 Å². The second-order valence-electron chi connectivity index (χ2n) is 5.22. The summed E-state index contributed by atoms with van der Waals surface area (Å²) in [5.41, 5.74) is 0.836. The van der Waals surface area contributed by atoms with Crippen molar-refractivity contribution in [1.82, 2.24) is 14.9 Å². The molecule has 0 unspecified atom stereocenters. The predicted molar refractivity (Wildman–Crippen MR) is 80.6 cm³/mol. The highest BCUT2D eigenvalue weighted by molar-refractivity contribution is 7.99. The molecule has 0 aromatic carbocycles. The molecule has 106 valence electrons. The number of thioether (sulfide) groups is 1. The molecule has 1 aromatic heterocycles. The number of aromatic amines is 1. The van der Waals surface area contributed by atoms with Gasteiger partial charge in [-0.15, -0.1) is 0 Å². The Kier molecular flexibility index (Phi) is 5.05. The maximum Gasteiger partial charge on any atom is 0.251 e. The zero-order chi connectivity index (χ0) is 13.8. The molecule has 5 heteroatoms. The number of rotatable bonds is 5. The first-order valence-electron chi connectivity index (χ1n) is 6.96. The molecule has 4 nitrogen and oxygen atoms in total. The summed E-state index contributed by atoms with van der Waals surface area (Å²) in [5, 5.41) is 0.714. The van der Waals surface area contributed by atoms with Crippen LogP contribution in [0.3, 0.4) is 0 Å². The summed E-state index contributed by atoms with van der Waals surface area (Å²) >= 11 is 1.96. The Morgan fingerprint density at radius 3 is 3.00 bits per heavy atom. The number of hydrogen-bond donors (Lipinski definition) is 1. The predicted octanol–water partition coefficient (Wildman–Crippen LogP) is 2.05. The standard InChI is InChI=1S/C14H23N3OS/c1-4-10-8-14(18)16-13(15-10)9-17(2)11-6-5-7-12(11)19-3/h8,11-12H,4-7,9H2,1-3H3,(H,15,16,18)/t11-,12+/m0/s1. The molecule has 1 fully saturated rings. The van der Waals surface area contributed by atoms with Gasteiger partial charge >= 0.3 is 0 Å². The van der Waals surface area contributed by atoms with Gasteiger partial charge in [-0.25, -0.2) is 4.98 Å². The molecule has 19 heavy (non-hydrogen) atoms. The molecule has 0 radical (unpaired) electrons. The lowest BCUT2D eigenvalue weighted by molar-refractivity contribution is 0.235. The van der Waals surface area contributed by atoms with Gasteiger partial charge in [-0.3, -0.25) is 9.69 Å². The van der Waals surface area contributed by atoms with Crippen LogP contribution in [0.1, 0.15) is 37.7 Å². The Hall–Kier alpha value is -0.810. The van der Waals surface area contributed by atoms with Gasteiger partial charge in [-0.2, -0.15) is 11.8 Å². The van der Waals surface area contributed by atoms with Gasteiger partial charge in [0.05, 0.1) is 6.54 Å². The summed E-state index contributed by atoms with van der Waals surface area (Å²) in [4.78, 5) is 21.3. The van der Waals surface area contributed by atoms with Crippen LogP contribution in [0, 0.1) is 0 Å². The van der Waals surface area contributed by atoms with E-state index in [0.29, 0.717) is 11.3 Å². The quantitative estimate of drug-likeness (QED) is 0.897. The normalized spacial score (nSPS) is 23.2. The lowest BCUT2D eigenvalue weighted by Gasteiger charge is -2.28. The lowest BCUT2D eigenvalue weighted by atomic mass is 10.2. The number of aromatic nitrogens is 2. The van der Waals surface area contributed by atoms with E-state index in [1.165, 1.54) is 19.3 Å². The highest BCUT2D eigenvalue weighted by atomic mass is 32.2. The van der Waals surface area contributed by atoms with Crippen molar-refractivity contribution in [2.24, 2.45) is 0 Å². The summed E-state index contributed by atoms with van der Waals surface area (Å²) in [7, 11) is 2.14. The fraction of sp³-hybridized carbons (Fsp3) is 0.714. The molecule has 2 rings (SSSR count). The first-order valence-corrected chi connectivity index (χ1v) is 8.25. The second kappa shape index (κ2) is 6.57. The zero-order valence-electron chi connectivity index (χ0n) is 12.0. The average molecular weight is 281 g/mol. The van der Waals surface area contributed by atoms with Crippen molar-refractivity contribution in [3.05, 3.63) is 27.9 Å². The monoisotopic (exact) mass is 281 g/mol. The van der Waals surface area contributed by atoms with Crippen LogP contribution < -0.4 is 5.56 Å². The molecular weight excluding hydrogens is 258 g/mol. The van der Waals surface area contributed by atoms with Crippen molar-refractivity contribution in [1.29, 1.82) is 0 Å². The first-order chi connectivity index (χ1) is 9.13. The van der Waals surface area contributed by atoms with E-state index in [2.05, 4.69) is 28.2 Å². The van der Waals surface area contributed by atoms with E-state index < -0.39 is 0 Å². The Bertz CT molecular complexity index is 474. The Balaban J connectivity index is 2.08. The van der Waals surface area contributed by atoms with Gasteiger partial charge in [0.2, 0.25) is 0 Å². The number of hydrogen-bond acceptors (Lipinski definition) is 4. The van der Waals surface area contributed by atoms with Crippen molar-refractivity contribution in [2.45, 2.75) is 50.4 Å². The molecule has 0 saturated heterocycles. The lowest BCUT2D eigenvalue weighted by Crippen LogP contribution is -2.36. The number of nitrogens with one attached hydrogen (secondary N) is 1. The molecule has 1 heterocycles. The minimum atomic E-state index is -0.0388. The molecule has 1 aliphatic carbocycles. The molecule has 0 spiro atoms. The van der Waals surface area contributed by atoms with Crippen molar-refractivity contribution in [2.75, 3.05) is 13.3 Å². The van der Waals surface area contributed by atoms with Crippen LogP contribution in [-0.4, -0.2) is 39.5 Å². The van der Waals surface area contributed by atoms with Crippen molar-refractivity contribution in [3.63, 3.8) is 0 Å². The highest BCUT2D eigenvalue weighted by Gasteiger charge is 2.29. The van der Waals surface area contributed by atoms with E-state index in [1.54, 1.807) is 6.07 Å². The van der Waals surface area contributed by atoms with Crippen molar-refractivity contribution in [3.8, 4) is 0 Å². The maximum absolute atomic E-state index is 11.6. The third kappa shape index (κ3) is 3.60. The van der Waals surface area contributed by atoms with Gasteiger partial charge in [0, 0.05) is 23.1 Å². The Morgan fingerprint density at radius 2 is 2.32 bits per heavy atom. The third-order valence-electron chi connectivity index (χ3n) is 3.89. The van der Waals surface area contributed by atoms with E-state index in [-0.39, 0.29) is 5.56 Å². The molecule has 0 bridgehead atoms. The van der Waals surface area contributed by atoms with Crippen molar-refractivity contribution < 1.29 is 0 Å². The zero-order valence-corrected chi connectivity index (χ0v) is 12.8. The minimum Gasteiger partial charge on any atom is -0.309 e. The van der Waals surface area contributed by atoms with Gasteiger partial charge in [0.1, 0.15) is 5.82 Å². The highest BCUT2D eigenvalue weighted by Crippen LogP contribution is 2.31. The Morgan fingerprint density at radius 1 is 1.53 bits per heavy atom. The fourth-order valence-corrected chi connectivity index (χ4v) is 3.92. The topological polar surface area (TPSA) is 49.0 Å². The number of nitrogens with zero attached hydrogens (tertiary/aromatic N) is 2. The molecule has 0 aliphatic heterocycles. The molecular formula is C14H23N3OS. The largest absolute Gasteiger partial charge is 0.309 e. The molecule has 1 saturated carbocycles. The van der Waals surface area contributed by atoms with E-state index in [9.17, 15) is 4.79 Å². The van der Waals surface area contributed by atoms with Crippen LogP contribution in [0.5, 0.6) is 0 Å². The number of aryl methyl sites for hydroxylation is 1. The van der Waals surface area contributed by atoms with Gasteiger partial charge in [-0.05, 0) is 32.6 Å². The van der Waals surface area contributed by atoms with Crippen LogP contribution in [0.25, 0.3) is 0 Å². The van der Waals surface area contributed by atoms with Crippen LogP contribution in [0.2, 0.25) is 0 Å². The van der Waals surface area contributed by atoms with E-state index >= 15 is 0 Å². The summed E-state index contributed by atoms with van der Waals surface area (Å²) in [6.45, 7) is 2.75. The van der Waals surface area contributed by atoms with Crippen LogP contribution in [0.15, 0.2) is 10.9 Å². The summed E-state index contributed by atoms with van der Waals surface area (Å²) in [6, 6.07) is 2.19. The second-order valence-corrected chi connectivity index (χ2v) is 6.30. The molecule has 1 N–H and O–H groups in total. The fourth-order valence-electron chi connectivity index (χ4n) is 2.86. The van der Waals surface area contributed by atoms with Crippen LogP contribution in [0.4, 0.5) is 0 Å². The maximum atomic E-state index is 11.6. The van der Waals surface area contributed by atoms with Gasteiger partial charge in [0.25, 0.3) is 5.56 Å². The van der Waals surface area contributed by atoms with E-state index in [0.717, 1.165) is 24.5 Å². The molecule has 1 aliphatic rings. The van der Waals surface area contributed by atoms with Gasteiger partial charge < -0.3 is 4.98 Å². The van der Waals surface area contributed by atoms with Crippen LogP contribution >= 0.6 is 11.8 Å². The number of H-pyrrole nitrogens is 1. The average Bonchev–Trinajstić information content (AvgIpc) is 2.86.